The first-order valence-corrected chi connectivity index (χ1v) is 13.1. The van der Waals surface area contributed by atoms with E-state index in [1.165, 1.54) is 12.1 Å². The van der Waals surface area contributed by atoms with Crippen LogP contribution in [0.3, 0.4) is 0 Å². The van der Waals surface area contributed by atoms with Crippen LogP contribution < -0.4 is 15.3 Å². The summed E-state index contributed by atoms with van der Waals surface area (Å²) in [5.74, 6) is -0.545. The Morgan fingerprint density at radius 2 is 1.72 bits per heavy atom. The molecule has 0 radical (unpaired) electrons. The minimum atomic E-state index is -1.01. The summed E-state index contributed by atoms with van der Waals surface area (Å²) in [6, 6.07) is 17.1. The molecule has 0 bridgehead atoms. The lowest BCUT2D eigenvalue weighted by Gasteiger charge is -2.55. The Morgan fingerprint density at radius 3 is 2.26 bits per heavy atom. The molecule has 2 heterocycles. The predicted octanol–water partition coefficient (Wildman–Crippen LogP) is 4.40. The number of quaternary nitrogens is 1. The van der Waals surface area contributed by atoms with Crippen molar-refractivity contribution in [2.75, 3.05) is 36.9 Å². The summed E-state index contributed by atoms with van der Waals surface area (Å²) in [7, 11) is 1.71. The minimum Gasteiger partial charge on any atom is -0.498 e. The third kappa shape index (κ3) is 5.94. The maximum absolute atomic E-state index is 13.1. The number of hydrogen-bond donors (Lipinski definition) is 1. The second-order valence-corrected chi connectivity index (χ2v) is 11.2. The lowest BCUT2D eigenvalue weighted by atomic mass is 9.95. The van der Waals surface area contributed by atoms with Crippen LogP contribution in [0.15, 0.2) is 66.9 Å². The molecule has 39 heavy (non-hydrogen) atoms. The van der Waals surface area contributed by atoms with E-state index in [1.807, 2.05) is 52.0 Å². The van der Waals surface area contributed by atoms with Crippen LogP contribution in [0.2, 0.25) is 0 Å². The van der Waals surface area contributed by atoms with Crippen molar-refractivity contribution in [1.82, 2.24) is 9.88 Å². The summed E-state index contributed by atoms with van der Waals surface area (Å²) in [5.41, 5.74) is 3.10. The molecule has 9 heteroatoms. The first-order chi connectivity index (χ1) is 18.4. The maximum Gasteiger partial charge on any atom is 0.276 e. The Balaban J connectivity index is 1.36. The van der Waals surface area contributed by atoms with Crippen LogP contribution in [0, 0.1) is 5.82 Å². The van der Waals surface area contributed by atoms with E-state index in [9.17, 15) is 19.1 Å². The molecule has 1 aliphatic rings. The summed E-state index contributed by atoms with van der Waals surface area (Å²) in [6.07, 6.45) is 0.556. The van der Waals surface area contributed by atoms with Crippen LogP contribution >= 0.6 is 0 Å². The average Bonchev–Trinajstić information content (AvgIpc) is 2.89. The number of carbonyl (C=O) groups is 2. The largest absolute Gasteiger partial charge is 0.498 e. The van der Waals surface area contributed by atoms with E-state index in [4.69, 9.17) is 0 Å². The quantitative estimate of drug-likeness (QED) is 0.473. The van der Waals surface area contributed by atoms with E-state index in [-0.39, 0.29) is 22.2 Å². The van der Waals surface area contributed by atoms with Crippen LogP contribution in [-0.4, -0.2) is 64.6 Å². The standard InChI is InChI=1S/C30H36FN5O3/c1-21-19-35(16-17-36(21,29(38)39)30(2,3)4)20-22-6-13-26(14-7-22)34(5)28(37)27-15-12-25(18-32-27)33-24-10-8-23(31)9-11-24/h6-15,18,21H,16-17,19-20H2,1-5H3,(H-,33,37,38,39)/t21-,36?/m0/s1. The highest BCUT2D eigenvalue weighted by atomic mass is 19.1. The Kier molecular flexibility index (Phi) is 8.04. The molecule has 1 unspecified atom stereocenters. The number of rotatable bonds is 6. The number of amides is 2. The number of nitrogens with one attached hydrogen (secondary N) is 1. The van der Waals surface area contributed by atoms with Gasteiger partial charge in [-0.05, 0) is 81.8 Å². The van der Waals surface area contributed by atoms with Gasteiger partial charge in [0, 0.05) is 31.5 Å². The van der Waals surface area contributed by atoms with E-state index in [1.54, 1.807) is 42.4 Å². The Morgan fingerprint density at radius 1 is 1.08 bits per heavy atom. The lowest BCUT2D eigenvalue weighted by molar-refractivity contribution is -0.943. The van der Waals surface area contributed by atoms with E-state index >= 15 is 0 Å². The van der Waals surface area contributed by atoms with Gasteiger partial charge in [0.1, 0.15) is 17.6 Å². The van der Waals surface area contributed by atoms with Gasteiger partial charge in [0.05, 0.1) is 30.5 Å². The molecule has 8 nitrogen and oxygen atoms in total. The number of carbonyl (C=O) groups excluding carboxylic acids is 2. The van der Waals surface area contributed by atoms with Gasteiger partial charge in [-0.25, -0.2) is 9.37 Å². The highest BCUT2D eigenvalue weighted by Crippen LogP contribution is 2.32. The van der Waals surface area contributed by atoms with E-state index in [2.05, 4.69) is 15.2 Å². The zero-order chi connectivity index (χ0) is 28.4. The fourth-order valence-electron chi connectivity index (χ4n) is 5.48. The zero-order valence-corrected chi connectivity index (χ0v) is 23.1. The number of benzene rings is 2. The first kappa shape index (κ1) is 28.2. The number of nitrogens with zero attached hydrogens (tertiary/aromatic N) is 4. The molecule has 206 valence electrons. The fraction of sp³-hybridized carbons (Fsp3) is 0.367. The van der Waals surface area contributed by atoms with Gasteiger partial charge in [-0.2, -0.15) is 0 Å². The molecule has 4 rings (SSSR count). The Bertz CT molecular complexity index is 1310. The highest BCUT2D eigenvalue weighted by Gasteiger charge is 2.49. The van der Waals surface area contributed by atoms with Gasteiger partial charge >= 0.3 is 0 Å². The SMILES string of the molecule is C[C@H]1CN(Cc2ccc(N(C)C(=O)c3ccc(Nc4ccc(F)cc4)cn3)cc2)CC[N+]1(C(=O)[O-])C(C)(C)C. The molecule has 3 aromatic rings. The molecular weight excluding hydrogens is 497 g/mol. The van der Waals surface area contributed by atoms with Crippen molar-refractivity contribution < 1.29 is 23.6 Å². The Labute approximate surface area is 229 Å². The van der Waals surface area contributed by atoms with Gasteiger partial charge in [0.2, 0.25) is 0 Å². The van der Waals surface area contributed by atoms with Gasteiger partial charge in [0.25, 0.3) is 12.0 Å². The van der Waals surface area contributed by atoms with Crippen LogP contribution in [-0.2, 0) is 6.54 Å². The number of carboxylic acid groups (broad SMARTS) is 1. The molecule has 2 atom stereocenters. The smallest absolute Gasteiger partial charge is 0.276 e. The molecule has 0 saturated carbocycles. The summed E-state index contributed by atoms with van der Waals surface area (Å²) in [6.45, 7) is 10.4. The second-order valence-electron chi connectivity index (χ2n) is 11.2. The maximum atomic E-state index is 13.1. The lowest BCUT2D eigenvalue weighted by Crippen LogP contribution is -2.76. The normalized spacial score (nSPS) is 19.9. The third-order valence-corrected chi connectivity index (χ3v) is 7.72. The van der Waals surface area contributed by atoms with Crippen molar-refractivity contribution >= 4 is 29.1 Å². The van der Waals surface area contributed by atoms with Crippen molar-refractivity contribution in [2.45, 2.75) is 45.8 Å². The monoisotopic (exact) mass is 533 g/mol. The van der Waals surface area contributed by atoms with Gasteiger partial charge < -0.3 is 20.1 Å². The number of hydrogen-bond acceptors (Lipinski definition) is 6. The number of aromatic nitrogens is 1. The van der Waals surface area contributed by atoms with Gasteiger partial charge in [-0.3, -0.25) is 14.2 Å². The van der Waals surface area contributed by atoms with Gasteiger partial charge in [-0.15, -0.1) is 0 Å². The second kappa shape index (κ2) is 11.1. The van der Waals surface area contributed by atoms with Crippen LogP contribution in [0.5, 0.6) is 0 Å². The van der Waals surface area contributed by atoms with Crippen molar-refractivity contribution in [2.24, 2.45) is 0 Å². The molecule has 1 fully saturated rings. The van der Waals surface area contributed by atoms with E-state index in [0.29, 0.717) is 37.6 Å². The number of anilines is 3. The summed E-state index contributed by atoms with van der Waals surface area (Å²) < 4.78 is 13.1. The number of pyridine rings is 1. The topological polar surface area (TPSA) is 88.6 Å². The summed E-state index contributed by atoms with van der Waals surface area (Å²) >= 11 is 0. The van der Waals surface area contributed by atoms with Crippen LogP contribution in [0.4, 0.5) is 26.2 Å². The number of halogens is 1. The van der Waals surface area contributed by atoms with Crippen LogP contribution in [0.25, 0.3) is 0 Å². The molecule has 1 aromatic heterocycles. The summed E-state index contributed by atoms with van der Waals surface area (Å²) in [4.78, 5) is 33.3. The molecule has 2 amide bonds. The highest BCUT2D eigenvalue weighted by molar-refractivity contribution is 6.04. The number of piperazine rings is 1. The van der Waals surface area contributed by atoms with Gasteiger partial charge in [0.15, 0.2) is 0 Å². The first-order valence-electron chi connectivity index (χ1n) is 13.1. The van der Waals surface area contributed by atoms with Crippen molar-refractivity contribution in [3.63, 3.8) is 0 Å². The molecule has 0 aliphatic carbocycles. The van der Waals surface area contributed by atoms with Crippen LogP contribution in [0.1, 0.15) is 43.7 Å². The predicted molar refractivity (Wildman–Crippen MR) is 148 cm³/mol. The molecule has 1 aliphatic heterocycles. The van der Waals surface area contributed by atoms with Crippen molar-refractivity contribution in [3.05, 3.63) is 83.9 Å². The Hall–Kier alpha value is -3.82. The third-order valence-electron chi connectivity index (χ3n) is 7.72. The molecule has 0 spiro atoms. The molecule has 2 aromatic carbocycles. The summed E-state index contributed by atoms with van der Waals surface area (Å²) in [5, 5.41) is 15.3. The zero-order valence-electron chi connectivity index (χ0n) is 23.1. The average molecular weight is 534 g/mol. The van der Waals surface area contributed by atoms with Gasteiger partial charge in [-0.1, -0.05) is 12.1 Å². The molecule has 1 saturated heterocycles. The van der Waals surface area contributed by atoms with Crippen molar-refractivity contribution in [1.29, 1.82) is 0 Å². The minimum absolute atomic E-state index is 0.0489. The fourth-order valence-corrected chi connectivity index (χ4v) is 5.48. The van der Waals surface area contributed by atoms with E-state index < -0.39 is 11.6 Å². The van der Waals surface area contributed by atoms with E-state index in [0.717, 1.165) is 16.9 Å². The molecule has 1 N–H and O–H groups in total. The van der Waals surface area contributed by atoms with Crippen molar-refractivity contribution in [3.8, 4) is 0 Å². The molecular formula is C30H36FN5O3.